The van der Waals surface area contributed by atoms with Crippen molar-refractivity contribution in [2.45, 2.75) is 39.5 Å². The molecule has 2 aromatic carbocycles. The lowest BCUT2D eigenvalue weighted by atomic mass is 10.1. The number of hydrogen-bond acceptors (Lipinski definition) is 2. The normalized spacial score (nSPS) is 10.4. The van der Waals surface area contributed by atoms with Crippen LogP contribution in [0.3, 0.4) is 0 Å². The van der Waals surface area contributed by atoms with Gasteiger partial charge < -0.3 is 5.11 Å². The van der Waals surface area contributed by atoms with Crippen LogP contribution in [0, 0.1) is 13.8 Å². The van der Waals surface area contributed by atoms with Gasteiger partial charge in [0.2, 0.25) is 5.91 Å². The van der Waals surface area contributed by atoms with Gasteiger partial charge in [0.1, 0.15) is 0 Å². The second-order valence-electron chi connectivity index (χ2n) is 5.90. The van der Waals surface area contributed by atoms with E-state index >= 15 is 0 Å². The van der Waals surface area contributed by atoms with E-state index in [2.05, 4.69) is 0 Å². The second kappa shape index (κ2) is 8.29. The summed E-state index contributed by atoms with van der Waals surface area (Å²) in [7, 11) is 0. The largest absolute Gasteiger partial charge is 0.481 e. The minimum Gasteiger partial charge on any atom is -0.481 e. The SMILES string of the molecule is Cc1ccccc1N(C(=O)CCCCC(=O)O)c1ccccc1C. The number of carbonyl (C=O) groups is 2. The van der Waals surface area contributed by atoms with Gasteiger partial charge in [-0.2, -0.15) is 0 Å². The highest BCUT2D eigenvalue weighted by Crippen LogP contribution is 2.31. The summed E-state index contributed by atoms with van der Waals surface area (Å²) in [5.41, 5.74) is 3.80. The first kappa shape index (κ1) is 17.7. The summed E-state index contributed by atoms with van der Waals surface area (Å²) >= 11 is 0. The number of anilines is 2. The summed E-state index contributed by atoms with van der Waals surface area (Å²) in [6, 6.07) is 15.6. The Morgan fingerprint density at radius 2 is 1.29 bits per heavy atom. The highest BCUT2D eigenvalue weighted by Gasteiger charge is 2.20. The molecule has 0 aliphatic rings. The summed E-state index contributed by atoms with van der Waals surface area (Å²) in [6.07, 6.45) is 1.51. The van der Waals surface area contributed by atoms with Crippen LogP contribution in [-0.4, -0.2) is 17.0 Å². The zero-order valence-electron chi connectivity index (χ0n) is 14.2. The number of nitrogens with zero attached hydrogens (tertiary/aromatic N) is 1. The molecule has 0 aliphatic carbocycles. The fraction of sp³-hybridized carbons (Fsp3) is 0.300. The zero-order valence-corrected chi connectivity index (χ0v) is 14.2. The van der Waals surface area contributed by atoms with Gasteiger partial charge in [-0.25, -0.2) is 0 Å². The molecule has 0 bridgehead atoms. The smallest absolute Gasteiger partial charge is 0.303 e. The lowest BCUT2D eigenvalue weighted by Gasteiger charge is -2.26. The molecule has 2 rings (SSSR count). The van der Waals surface area contributed by atoms with Gasteiger partial charge in [0, 0.05) is 12.8 Å². The standard InChI is InChI=1S/C20H23NO3/c1-15-9-3-5-11-17(15)21(18-12-6-4-10-16(18)2)19(22)13-7-8-14-20(23)24/h3-6,9-12H,7-8,13-14H2,1-2H3,(H,23,24). The minimum absolute atomic E-state index is 0.0102. The van der Waals surface area contributed by atoms with Crippen molar-refractivity contribution in [1.82, 2.24) is 0 Å². The Hall–Kier alpha value is -2.62. The molecule has 0 aromatic heterocycles. The van der Waals surface area contributed by atoms with Gasteiger partial charge >= 0.3 is 5.97 Å². The molecule has 0 spiro atoms. The lowest BCUT2D eigenvalue weighted by Crippen LogP contribution is -2.27. The number of aryl methyl sites for hydroxylation is 2. The van der Waals surface area contributed by atoms with Crippen molar-refractivity contribution in [3.63, 3.8) is 0 Å². The third kappa shape index (κ3) is 4.44. The van der Waals surface area contributed by atoms with Crippen LogP contribution in [0.5, 0.6) is 0 Å². The Bertz CT molecular complexity index is 679. The van der Waals surface area contributed by atoms with Crippen LogP contribution in [0.1, 0.15) is 36.8 Å². The predicted octanol–water partition coefficient (Wildman–Crippen LogP) is 4.61. The van der Waals surface area contributed by atoms with Crippen molar-refractivity contribution in [3.05, 3.63) is 59.7 Å². The molecule has 0 radical (unpaired) electrons. The highest BCUT2D eigenvalue weighted by molar-refractivity contribution is 6.01. The molecular formula is C20H23NO3. The minimum atomic E-state index is -0.822. The maximum atomic E-state index is 12.9. The van der Waals surface area contributed by atoms with E-state index in [-0.39, 0.29) is 12.3 Å². The van der Waals surface area contributed by atoms with E-state index in [1.807, 2.05) is 62.4 Å². The molecule has 0 saturated carbocycles. The Kier molecular flexibility index (Phi) is 6.13. The highest BCUT2D eigenvalue weighted by atomic mass is 16.4. The monoisotopic (exact) mass is 325 g/mol. The number of aliphatic carboxylic acids is 1. The first-order valence-corrected chi connectivity index (χ1v) is 8.16. The third-order valence-electron chi connectivity index (χ3n) is 3.99. The summed E-state index contributed by atoms with van der Waals surface area (Å²) in [4.78, 5) is 25.2. The number of carboxylic acids is 1. The lowest BCUT2D eigenvalue weighted by molar-refractivity contribution is -0.137. The number of carboxylic acid groups (broad SMARTS) is 1. The van der Waals surface area contributed by atoms with E-state index < -0.39 is 5.97 Å². The Balaban J connectivity index is 2.27. The molecule has 0 atom stereocenters. The van der Waals surface area contributed by atoms with E-state index in [1.54, 1.807) is 4.90 Å². The van der Waals surface area contributed by atoms with Gasteiger partial charge in [0.25, 0.3) is 0 Å². The molecule has 4 heteroatoms. The molecule has 0 saturated heterocycles. The van der Waals surface area contributed by atoms with Crippen molar-refractivity contribution in [1.29, 1.82) is 0 Å². The third-order valence-corrected chi connectivity index (χ3v) is 3.99. The number of para-hydroxylation sites is 2. The Morgan fingerprint density at radius 1 is 0.833 bits per heavy atom. The van der Waals surface area contributed by atoms with Gasteiger partial charge in [-0.1, -0.05) is 36.4 Å². The van der Waals surface area contributed by atoms with Gasteiger partial charge in [-0.3, -0.25) is 14.5 Å². The molecule has 4 nitrogen and oxygen atoms in total. The maximum Gasteiger partial charge on any atom is 0.303 e. The summed E-state index contributed by atoms with van der Waals surface area (Å²) in [6.45, 7) is 3.97. The van der Waals surface area contributed by atoms with Crippen LogP contribution in [0.4, 0.5) is 11.4 Å². The Morgan fingerprint density at radius 3 is 1.75 bits per heavy atom. The molecule has 0 heterocycles. The van der Waals surface area contributed by atoms with E-state index in [4.69, 9.17) is 5.11 Å². The maximum absolute atomic E-state index is 12.9. The molecule has 0 aliphatic heterocycles. The average Bonchev–Trinajstić information content (AvgIpc) is 2.55. The van der Waals surface area contributed by atoms with Crippen LogP contribution in [0.15, 0.2) is 48.5 Å². The van der Waals surface area contributed by atoms with Crippen LogP contribution in [0.25, 0.3) is 0 Å². The van der Waals surface area contributed by atoms with E-state index in [1.165, 1.54) is 0 Å². The van der Waals surface area contributed by atoms with Crippen molar-refractivity contribution >= 4 is 23.3 Å². The molecule has 1 amide bonds. The molecular weight excluding hydrogens is 302 g/mol. The van der Waals surface area contributed by atoms with Gasteiger partial charge in [-0.15, -0.1) is 0 Å². The molecule has 2 aromatic rings. The van der Waals surface area contributed by atoms with Gasteiger partial charge in [0.15, 0.2) is 0 Å². The number of rotatable bonds is 7. The number of amides is 1. The van der Waals surface area contributed by atoms with Crippen LogP contribution >= 0.6 is 0 Å². The number of benzene rings is 2. The van der Waals surface area contributed by atoms with Gasteiger partial charge in [0.05, 0.1) is 11.4 Å². The van der Waals surface area contributed by atoms with Gasteiger partial charge in [-0.05, 0) is 49.9 Å². The van der Waals surface area contributed by atoms with Crippen molar-refractivity contribution in [2.24, 2.45) is 0 Å². The number of unbranched alkanes of at least 4 members (excludes halogenated alkanes) is 1. The van der Waals surface area contributed by atoms with E-state index in [9.17, 15) is 9.59 Å². The summed E-state index contributed by atoms with van der Waals surface area (Å²) < 4.78 is 0. The quantitative estimate of drug-likeness (QED) is 0.756. The zero-order chi connectivity index (χ0) is 17.5. The second-order valence-corrected chi connectivity index (χ2v) is 5.90. The predicted molar refractivity (Wildman–Crippen MR) is 95.6 cm³/mol. The molecule has 1 N–H and O–H groups in total. The van der Waals surface area contributed by atoms with Crippen molar-refractivity contribution in [3.8, 4) is 0 Å². The number of carbonyl (C=O) groups excluding carboxylic acids is 1. The van der Waals surface area contributed by atoms with Crippen molar-refractivity contribution < 1.29 is 14.7 Å². The number of hydrogen-bond donors (Lipinski definition) is 1. The average molecular weight is 325 g/mol. The van der Waals surface area contributed by atoms with Crippen LogP contribution < -0.4 is 4.90 Å². The fourth-order valence-corrected chi connectivity index (χ4v) is 2.69. The first-order chi connectivity index (χ1) is 11.5. The first-order valence-electron chi connectivity index (χ1n) is 8.16. The van der Waals surface area contributed by atoms with E-state index in [0.29, 0.717) is 19.3 Å². The summed E-state index contributed by atoms with van der Waals surface area (Å²) in [5, 5.41) is 8.72. The molecule has 126 valence electrons. The molecule has 0 unspecified atom stereocenters. The molecule has 0 fully saturated rings. The summed E-state index contributed by atoms with van der Waals surface area (Å²) in [5.74, 6) is -0.832. The Labute approximate surface area is 142 Å². The van der Waals surface area contributed by atoms with E-state index in [0.717, 1.165) is 22.5 Å². The molecule has 24 heavy (non-hydrogen) atoms. The topological polar surface area (TPSA) is 57.6 Å². The van der Waals surface area contributed by atoms with Crippen LogP contribution in [-0.2, 0) is 9.59 Å². The van der Waals surface area contributed by atoms with Crippen LogP contribution in [0.2, 0.25) is 0 Å². The fourth-order valence-electron chi connectivity index (χ4n) is 2.69. The van der Waals surface area contributed by atoms with Crippen molar-refractivity contribution in [2.75, 3.05) is 4.90 Å².